The third-order valence-corrected chi connectivity index (χ3v) is 6.58. The molecule has 1 amide bonds. The average molecular weight is 442 g/mol. The minimum atomic E-state index is -0.358. The predicted molar refractivity (Wildman–Crippen MR) is 117 cm³/mol. The molecule has 1 saturated heterocycles. The largest absolute Gasteiger partial charge is 0.504 e. The molecular formula is C22H20ClN3O3S. The van der Waals surface area contributed by atoms with Crippen LogP contribution in [0.15, 0.2) is 53.1 Å². The molecule has 6 nitrogen and oxygen atoms in total. The van der Waals surface area contributed by atoms with E-state index in [0.717, 1.165) is 11.3 Å². The summed E-state index contributed by atoms with van der Waals surface area (Å²) in [5.74, 6) is 0.631. The molecule has 0 bridgehead atoms. The summed E-state index contributed by atoms with van der Waals surface area (Å²) < 4.78 is 5.48. The van der Waals surface area contributed by atoms with Crippen LogP contribution in [0.2, 0.25) is 5.02 Å². The first kappa shape index (κ1) is 20.5. The standard InChI is InChI=1S/C22H20ClN3O3S/c1-2-29-20-9-14(3-8-19(20)27)17-10-21(28)26-12-25(13-30-22(26)18(17)11-24)16-6-4-15(23)5-7-16/h3-9,17,27H,2,10,12-13H2,1H3/t17-/m0/s1. The number of rotatable bonds is 4. The van der Waals surface area contributed by atoms with Gasteiger partial charge in [0, 0.05) is 23.0 Å². The first-order valence-corrected chi connectivity index (χ1v) is 10.9. The Hall–Kier alpha value is -2.82. The van der Waals surface area contributed by atoms with Crippen LogP contribution >= 0.6 is 23.4 Å². The second-order valence-corrected chi connectivity index (χ2v) is 8.37. The van der Waals surface area contributed by atoms with E-state index >= 15 is 0 Å². The quantitative estimate of drug-likeness (QED) is 0.743. The number of hydrogen-bond donors (Lipinski definition) is 1. The number of nitrogens with zero attached hydrogens (tertiary/aromatic N) is 3. The Kier molecular flexibility index (Phi) is 5.80. The van der Waals surface area contributed by atoms with Gasteiger partial charge in [-0.3, -0.25) is 9.69 Å². The molecule has 0 unspecified atom stereocenters. The van der Waals surface area contributed by atoms with E-state index in [1.807, 2.05) is 31.2 Å². The summed E-state index contributed by atoms with van der Waals surface area (Å²) in [5.41, 5.74) is 2.33. The zero-order valence-corrected chi connectivity index (χ0v) is 17.9. The molecule has 0 spiro atoms. The number of hydrogen-bond acceptors (Lipinski definition) is 6. The predicted octanol–water partition coefficient (Wildman–Crippen LogP) is 4.66. The Bertz CT molecular complexity index is 1050. The Balaban J connectivity index is 1.65. The van der Waals surface area contributed by atoms with Crippen LogP contribution in [0.4, 0.5) is 5.69 Å². The fourth-order valence-electron chi connectivity index (χ4n) is 3.68. The van der Waals surface area contributed by atoms with Gasteiger partial charge in [-0.1, -0.05) is 29.4 Å². The van der Waals surface area contributed by atoms with E-state index in [-0.39, 0.29) is 24.0 Å². The number of thioether (sulfide) groups is 1. The van der Waals surface area contributed by atoms with Crippen LogP contribution in [-0.4, -0.2) is 35.1 Å². The zero-order valence-electron chi connectivity index (χ0n) is 16.3. The lowest BCUT2D eigenvalue weighted by Gasteiger charge is -2.42. The van der Waals surface area contributed by atoms with Crippen molar-refractivity contribution in [1.82, 2.24) is 4.90 Å². The summed E-state index contributed by atoms with van der Waals surface area (Å²) in [7, 11) is 0. The number of anilines is 1. The molecule has 30 heavy (non-hydrogen) atoms. The third kappa shape index (κ3) is 3.81. The average Bonchev–Trinajstić information content (AvgIpc) is 2.76. The summed E-state index contributed by atoms with van der Waals surface area (Å²) in [6, 6.07) is 14.8. The normalized spacial score (nSPS) is 18.8. The minimum absolute atomic E-state index is 0.0359. The number of halogens is 1. The van der Waals surface area contributed by atoms with Gasteiger partial charge >= 0.3 is 0 Å². The fraction of sp³-hybridized carbons (Fsp3) is 0.273. The molecule has 0 saturated carbocycles. The van der Waals surface area contributed by atoms with E-state index in [0.29, 0.717) is 40.5 Å². The molecule has 1 N–H and O–H groups in total. The van der Waals surface area contributed by atoms with Crippen molar-refractivity contribution in [1.29, 1.82) is 5.26 Å². The Morgan fingerprint density at radius 3 is 2.77 bits per heavy atom. The maximum absolute atomic E-state index is 13.0. The van der Waals surface area contributed by atoms with Crippen LogP contribution in [-0.2, 0) is 4.79 Å². The Morgan fingerprint density at radius 1 is 1.30 bits per heavy atom. The van der Waals surface area contributed by atoms with Gasteiger partial charge in [0.1, 0.15) is 0 Å². The maximum Gasteiger partial charge on any atom is 0.229 e. The van der Waals surface area contributed by atoms with Crippen molar-refractivity contribution >= 4 is 35.0 Å². The number of fused-ring (bicyclic) bond motifs is 1. The number of benzene rings is 2. The van der Waals surface area contributed by atoms with Gasteiger partial charge in [-0.2, -0.15) is 5.26 Å². The van der Waals surface area contributed by atoms with Gasteiger partial charge in [0.05, 0.1) is 35.8 Å². The fourth-order valence-corrected chi connectivity index (χ4v) is 4.97. The minimum Gasteiger partial charge on any atom is -0.504 e. The highest BCUT2D eigenvalue weighted by molar-refractivity contribution is 8.03. The first-order chi connectivity index (χ1) is 14.5. The molecule has 2 aliphatic heterocycles. The molecule has 2 aromatic carbocycles. The third-order valence-electron chi connectivity index (χ3n) is 5.17. The van der Waals surface area contributed by atoms with Crippen LogP contribution in [0, 0.1) is 11.3 Å². The van der Waals surface area contributed by atoms with Crippen molar-refractivity contribution < 1.29 is 14.6 Å². The van der Waals surface area contributed by atoms with E-state index in [1.54, 1.807) is 23.1 Å². The molecular weight excluding hydrogens is 422 g/mol. The van der Waals surface area contributed by atoms with Crippen molar-refractivity contribution in [3.63, 3.8) is 0 Å². The highest BCUT2D eigenvalue weighted by atomic mass is 35.5. The number of carbonyl (C=O) groups excluding carboxylic acids is 1. The topological polar surface area (TPSA) is 76.8 Å². The number of carbonyl (C=O) groups is 1. The second-order valence-electron chi connectivity index (χ2n) is 7.00. The summed E-state index contributed by atoms with van der Waals surface area (Å²) >= 11 is 7.46. The lowest BCUT2D eigenvalue weighted by atomic mass is 9.86. The molecule has 1 atom stereocenters. The van der Waals surface area contributed by atoms with Crippen molar-refractivity contribution in [3.05, 3.63) is 63.7 Å². The van der Waals surface area contributed by atoms with Crippen LogP contribution in [0.25, 0.3) is 0 Å². The van der Waals surface area contributed by atoms with Gasteiger partial charge in [0.15, 0.2) is 11.5 Å². The molecule has 0 radical (unpaired) electrons. The van der Waals surface area contributed by atoms with Gasteiger partial charge < -0.3 is 14.7 Å². The number of nitriles is 1. The number of allylic oxidation sites excluding steroid dienone is 1. The summed E-state index contributed by atoms with van der Waals surface area (Å²) in [5, 5.41) is 21.3. The van der Waals surface area contributed by atoms with Gasteiger partial charge in [0.25, 0.3) is 0 Å². The van der Waals surface area contributed by atoms with E-state index < -0.39 is 0 Å². The molecule has 4 rings (SSSR count). The Labute approximate surface area is 184 Å². The first-order valence-electron chi connectivity index (χ1n) is 9.55. The lowest BCUT2D eigenvalue weighted by molar-refractivity contribution is -0.129. The summed E-state index contributed by atoms with van der Waals surface area (Å²) in [4.78, 5) is 16.8. The summed E-state index contributed by atoms with van der Waals surface area (Å²) in [6.07, 6.45) is 0.192. The van der Waals surface area contributed by atoms with Crippen molar-refractivity contribution in [3.8, 4) is 17.6 Å². The highest BCUT2D eigenvalue weighted by Gasteiger charge is 2.38. The second kappa shape index (κ2) is 8.50. The highest BCUT2D eigenvalue weighted by Crippen LogP contribution is 2.44. The monoisotopic (exact) mass is 441 g/mol. The zero-order chi connectivity index (χ0) is 21.3. The summed E-state index contributed by atoms with van der Waals surface area (Å²) in [6.45, 7) is 2.64. The molecule has 2 heterocycles. The molecule has 2 aliphatic rings. The van der Waals surface area contributed by atoms with Crippen molar-refractivity contribution in [2.24, 2.45) is 0 Å². The van der Waals surface area contributed by atoms with E-state index in [9.17, 15) is 15.2 Å². The van der Waals surface area contributed by atoms with Gasteiger partial charge in [-0.15, -0.1) is 0 Å². The molecule has 0 aliphatic carbocycles. The van der Waals surface area contributed by atoms with Gasteiger partial charge in [-0.05, 0) is 48.9 Å². The van der Waals surface area contributed by atoms with Crippen LogP contribution in [0.1, 0.15) is 24.8 Å². The van der Waals surface area contributed by atoms with Crippen LogP contribution < -0.4 is 9.64 Å². The van der Waals surface area contributed by atoms with E-state index in [1.165, 1.54) is 11.8 Å². The number of aromatic hydroxyl groups is 1. The van der Waals surface area contributed by atoms with E-state index in [2.05, 4.69) is 11.0 Å². The van der Waals surface area contributed by atoms with Crippen LogP contribution in [0.5, 0.6) is 11.5 Å². The molecule has 154 valence electrons. The molecule has 8 heteroatoms. The number of ether oxygens (including phenoxy) is 1. The number of amides is 1. The molecule has 0 aromatic heterocycles. The SMILES string of the molecule is CCOc1cc([C@@H]2CC(=O)N3CN(c4ccc(Cl)cc4)CSC3=C2C#N)ccc1O. The molecule has 2 aromatic rings. The number of phenols is 1. The van der Waals surface area contributed by atoms with Gasteiger partial charge in [-0.25, -0.2) is 0 Å². The maximum atomic E-state index is 13.0. The van der Waals surface area contributed by atoms with Crippen LogP contribution in [0.3, 0.4) is 0 Å². The van der Waals surface area contributed by atoms with Crippen molar-refractivity contribution in [2.45, 2.75) is 19.3 Å². The molecule has 1 fully saturated rings. The van der Waals surface area contributed by atoms with Crippen molar-refractivity contribution in [2.75, 3.05) is 24.1 Å². The lowest BCUT2D eigenvalue weighted by Crippen LogP contribution is -2.47. The Morgan fingerprint density at radius 2 is 2.07 bits per heavy atom. The van der Waals surface area contributed by atoms with Gasteiger partial charge in [0.2, 0.25) is 5.91 Å². The smallest absolute Gasteiger partial charge is 0.229 e. The van der Waals surface area contributed by atoms with E-state index in [4.69, 9.17) is 16.3 Å². The number of phenolic OH excluding ortho intramolecular Hbond substituents is 1.